The van der Waals surface area contributed by atoms with E-state index < -0.39 is 0 Å². The summed E-state index contributed by atoms with van der Waals surface area (Å²) in [4.78, 5) is 31.3. The molecule has 4 rings (SSSR count). The summed E-state index contributed by atoms with van der Waals surface area (Å²) in [6.07, 6.45) is 3.44. The van der Waals surface area contributed by atoms with Crippen LogP contribution in [0, 0.1) is 20.8 Å². The van der Waals surface area contributed by atoms with Crippen LogP contribution in [0.15, 0.2) is 46.8 Å². The maximum absolute atomic E-state index is 13.3. The van der Waals surface area contributed by atoms with Gasteiger partial charge < -0.3 is 4.74 Å². The lowest BCUT2D eigenvalue weighted by atomic mass is 9.95. The van der Waals surface area contributed by atoms with Gasteiger partial charge in [-0.25, -0.2) is 15.0 Å². The lowest BCUT2D eigenvalue weighted by molar-refractivity contribution is 0.298. The summed E-state index contributed by atoms with van der Waals surface area (Å²) in [6, 6.07) is 7.42. The van der Waals surface area contributed by atoms with Gasteiger partial charge in [-0.3, -0.25) is 14.3 Å². The highest BCUT2D eigenvalue weighted by Gasteiger charge is 2.19. The predicted octanol–water partition coefficient (Wildman–Crippen LogP) is 4.95. The van der Waals surface area contributed by atoms with Crippen LogP contribution in [0.3, 0.4) is 0 Å². The van der Waals surface area contributed by atoms with Crippen molar-refractivity contribution in [1.82, 2.24) is 24.5 Å². The zero-order chi connectivity index (χ0) is 23.8. The number of aryl methyl sites for hydroxylation is 2. The minimum atomic E-state index is -0.175. The maximum Gasteiger partial charge on any atom is 0.261 e. The molecular weight excluding hydrogens is 434 g/mol. The first-order chi connectivity index (χ1) is 15.6. The minimum Gasteiger partial charge on any atom is -0.487 e. The van der Waals surface area contributed by atoms with Gasteiger partial charge in [-0.1, -0.05) is 20.8 Å². The van der Waals surface area contributed by atoms with Gasteiger partial charge in [0.15, 0.2) is 0 Å². The molecule has 0 bridgehead atoms. The molecule has 4 heterocycles. The highest BCUT2D eigenvalue weighted by molar-refractivity contribution is 7.09. The molecule has 0 fully saturated rings. The van der Waals surface area contributed by atoms with Crippen molar-refractivity contribution in [2.24, 2.45) is 0 Å². The molecule has 0 aliphatic rings. The third kappa shape index (κ3) is 4.85. The molecule has 0 aliphatic heterocycles. The molecule has 0 radical (unpaired) electrons. The lowest BCUT2D eigenvalue weighted by Crippen LogP contribution is -2.23. The SMILES string of the molecule is Cc1nc(COc2cc(C)n(-c3ccnc(-c4ccnc(C(C)(C)C)n4)c3)c(=O)c2C)cs1. The van der Waals surface area contributed by atoms with Crippen LogP contribution in [-0.2, 0) is 12.0 Å². The monoisotopic (exact) mass is 461 g/mol. The standard InChI is InChI=1S/C25H27N5O2S/c1-15-11-22(32-13-18-14-33-17(3)28-18)16(2)23(31)30(15)19-7-9-26-21(12-19)20-8-10-27-24(29-20)25(4,5)6/h7-12,14H,13H2,1-6H3. The molecule has 0 saturated heterocycles. The highest BCUT2D eigenvalue weighted by Crippen LogP contribution is 2.24. The van der Waals surface area contributed by atoms with Crippen molar-refractivity contribution >= 4 is 11.3 Å². The summed E-state index contributed by atoms with van der Waals surface area (Å²) >= 11 is 1.58. The second kappa shape index (κ2) is 8.86. The Kier molecular flexibility index (Phi) is 6.12. The van der Waals surface area contributed by atoms with Crippen molar-refractivity contribution in [3.05, 3.63) is 80.2 Å². The van der Waals surface area contributed by atoms with E-state index in [0.29, 0.717) is 23.6 Å². The zero-order valence-electron chi connectivity index (χ0n) is 19.7. The first-order valence-corrected chi connectivity index (χ1v) is 11.6. The van der Waals surface area contributed by atoms with Crippen LogP contribution in [0.25, 0.3) is 17.1 Å². The van der Waals surface area contributed by atoms with E-state index in [1.807, 2.05) is 43.5 Å². The Morgan fingerprint density at radius 2 is 1.76 bits per heavy atom. The fourth-order valence-corrected chi connectivity index (χ4v) is 4.05. The molecule has 8 heteroatoms. The summed E-state index contributed by atoms with van der Waals surface area (Å²) in [6.45, 7) is 12.2. The molecule has 7 nitrogen and oxygen atoms in total. The normalized spacial score (nSPS) is 11.6. The van der Waals surface area contributed by atoms with Gasteiger partial charge in [0.1, 0.15) is 18.2 Å². The van der Waals surface area contributed by atoms with Crippen molar-refractivity contribution in [2.75, 3.05) is 0 Å². The Morgan fingerprint density at radius 1 is 1.00 bits per heavy atom. The Bertz CT molecular complexity index is 1370. The fraction of sp³-hybridized carbons (Fsp3) is 0.320. The number of nitrogens with zero attached hydrogens (tertiary/aromatic N) is 5. The van der Waals surface area contributed by atoms with Crippen LogP contribution >= 0.6 is 11.3 Å². The molecule has 33 heavy (non-hydrogen) atoms. The Labute approximate surface area is 197 Å². The van der Waals surface area contributed by atoms with Gasteiger partial charge in [0.2, 0.25) is 0 Å². The minimum absolute atomic E-state index is 0.130. The number of ether oxygens (including phenoxy) is 1. The summed E-state index contributed by atoms with van der Waals surface area (Å²) in [5.74, 6) is 1.31. The van der Waals surface area contributed by atoms with Crippen molar-refractivity contribution in [3.63, 3.8) is 0 Å². The van der Waals surface area contributed by atoms with E-state index in [1.54, 1.807) is 35.2 Å². The fourth-order valence-electron chi connectivity index (χ4n) is 3.45. The molecule has 0 atom stereocenters. The number of pyridine rings is 2. The molecule has 0 aromatic carbocycles. The smallest absolute Gasteiger partial charge is 0.261 e. The molecule has 0 aliphatic carbocycles. The summed E-state index contributed by atoms with van der Waals surface area (Å²) < 4.78 is 7.60. The van der Waals surface area contributed by atoms with Crippen LogP contribution < -0.4 is 10.3 Å². The Hall–Kier alpha value is -3.39. The lowest BCUT2D eigenvalue weighted by Gasteiger charge is -2.17. The van der Waals surface area contributed by atoms with Gasteiger partial charge in [0, 0.05) is 34.9 Å². The second-order valence-electron chi connectivity index (χ2n) is 8.98. The highest BCUT2D eigenvalue weighted by atomic mass is 32.1. The molecule has 4 aromatic heterocycles. The van der Waals surface area contributed by atoms with E-state index in [2.05, 4.69) is 35.7 Å². The van der Waals surface area contributed by atoms with Gasteiger partial charge in [-0.05, 0) is 39.0 Å². The van der Waals surface area contributed by atoms with E-state index >= 15 is 0 Å². The van der Waals surface area contributed by atoms with Gasteiger partial charge in [-0.2, -0.15) is 0 Å². The van der Waals surface area contributed by atoms with Crippen LogP contribution in [0.4, 0.5) is 0 Å². The molecular formula is C25H27N5O2S. The van der Waals surface area contributed by atoms with Crippen molar-refractivity contribution < 1.29 is 4.74 Å². The molecule has 0 amide bonds. The summed E-state index contributed by atoms with van der Waals surface area (Å²) in [5.41, 5.74) is 4.00. The molecule has 0 spiro atoms. The van der Waals surface area contributed by atoms with E-state index in [-0.39, 0.29) is 11.0 Å². The third-order valence-corrected chi connectivity index (χ3v) is 6.04. The molecule has 4 aromatic rings. The topological polar surface area (TPSA) is 82.8 Å². The zero-order valence-corrected chi connectivity index (χ0v) is 20.5. The molecule has 0 unspecified atom stereocenters. The third-order valence-electron chi connectivity index (χ3n) is 5.22. The Morgan fingerprint density at radius 3 is 2.45 bits per heavy atom. The number of hydrogen-bond donors (Lipinski definition) is 0. The largest absolute Gasteiger partial charge is 0.487 e. The van der Waals surface area contributed by atoms with Crippen LogP contribution in [0.5, 0.6) is 5.75 Å². The van der Waals surface area contributed by atoms with Crippen LogP contribution in [0.1, 0.15) is 48.6 Å². The summed E-state index contributed by atoms with van der Waals surface area (Å²) in [5, 5.41) is 2.96. The second-order valence-corrected chi connectivity index (χ2v) is 10.0. The van der Waals surface area contributed by atoms with Crippen molar-refractivity contribution in [2.45, 2.75) is 53.6 Å². The number of aromatic nitrogens is 5. The quantitative estimate of drug-likeness (QED) is 0.418. The van der Waals surface area contributed by atoms with E-state index in [1.165, 1.54) is 0 Å². The predicted molar refractivity (Wildman–Crippen MR) is 130 cm³/mol. The van der Waals surface area contributed by atoms with E-state index in [4.69, 9.17) is 9.72 Å². The maximum atomic E-state index is 13.3. The first-order valence-electron chi connectivity index (χ1n) is 10.7. The van der Waals surface area contributed by atoms with Gasteiger partial charge in [-0.15, -0.1) is 11.3 Å². The van der Waals surface area contributed by atoms with E-state index in [9.17, 15) is 4.79 Å². The van der Waals surface area contributed by atoms with Crippen molar-refractivity contribution in [3.8, 4) is 22.8 Å². The van der Waals surface area contributed by atoms with Gasteiger partial charge >= 0.3 is 0 Å². The summed E-state index contributed by atoms with van der Waals surface area (Å²) in [7, 11) is 0. The Balaban J connectivity index is 1.69. The number of rotatable bonds is 5. The molecule has 170 valence electrons. The van der Waals surface area contributed by atoms with E-state index in [0.717, 1.165) is 33.6 Å². The average Bonchev–Trinajstić information content (AvgIpc) is 3.20. The van der Waals surface area contributed by atoms with Crippen molar-refractivity contribution in [1.29, 1.82) is 0 Å². The molecule has 0 N–H and O–H groups in total. The van der Waals surface area contributed by atoms with Crippen LogP contribution in [-0.4, -0.2) is 24.5 Å². The van der Waals surface area contributed by atoms with Gasteiger partial charge in [0.05, 0.1) is 33.3 Å². The average molecular weight is 462 g/mol. The number of hydrogen-bond acceptors (Lipinski definition) is 7. The number of thiazole rings is 1. The van der Waals surface area contributed by atoms with Crippen LogP contribution in [0.2, 0.25) is 0 Å². The molecule has 0 saturated carbocycles. The first kappa shape index (κ1) is 22.8. The van der Waals surface area contributed by atoms with Gasteiger partial charge in [0.25, 0.3) is 5.56 Å².